The minimum absolute atomic E-state index is 0.0554. The lowest BCUT2D eigenvalue weighted by Gasteiger charge is -2.43. The van der Waals surface area contributed by atoms with E-state index >= 15 is 0 Å². The number of carboxylic acids is 1. The van der Waals surface area contributed by atoms with Gasteiger partial charge >= 0.3 is 5.97 Å². The normalized spacial score (nSPS) is 26.2. The van der Waals surface area contributed by atoms with E-state index in [0.717, 1.165) is 5.56 Å². The average molecular weight is 349 g/mol. The summed E-state index contributed by atoms with van der Waals surface area (Å²) in [4.78, 5) is 26.6. The number of nitrogens with zero attached hydrogens (tertiary/aromatic N) is 1. The molecular weight excluding hydrogens is 325 g/mol. The molecule has 5 nitrogen and oxygen atoms in total. The van der Waals surface area contributed by atoms with Gasteiger partial charge < -0.3 is 14.7 Å². The predicted molar refractivity (Wildman–Crippen MR) is 89.6 cm³/mol. The first-order valence-corrected chi connectivity index (χ1v) is 8.78. The molecule has 136 valence electrons. The van der Waals surface area contributed by atoms with Gasteiger partial charge in [-0.2, -0.15) is 0 Å². The summed E-state index contributed by atoms with van der Waals surface area (Å²) in [6.07, 6.45) is 1.64. The summed E-state index contributed by atoms with van der Waals surface area (Å²) in [5.41, 5.74) is 0.0267. The Morgan fingerprint density at radius 1 is 1.20 bits per heavy atom. The van der Waals surface area contributed by atoms with Gasteiger partial charge in [0.15, 0.2) is 0 Å². The van der Waals surface area contributed by atoms with E-state index in [1.165, 1.54) is 12.1 Å². The number of ether oxygens (including phenoxy) is 1. The number of carbonyl (C=O) groups excluding carboxylic acids is 1. The fourth-order valence-electron chi connectivity index (χ4n) is 4.11. The number of likely N-dealkylation sites (tertiary alicyclic amines) is 1. The van der Waals surface area contributed by atoms with Gasteiger partial charge in [-0.1, -0.05) is 19.1 Å². The first-order chi connectivity index (χ1) is 11.9. The van der Waals surface area contributed by atoms with Gasteiger partial charge in [-0.3, -0.25) is 9.59 Å². The fourth-order valence-corrected chi connectivity index (χ4v) is 4.11. The van der Waals surface area contributed by atoms with Crippen molar-refractivity contribution in [1.29, 1.82) is 0 Å². The highest BCUT2D eigenvalue weighted by Crippen LogP contribution is 2.38. The molecule has 2 atom stereocenters. The van der Waals surface area contributed by atoms with Crippen molar-refractivity contribution in [2.75, 3.05) is 26.3 Å². The first-order valence-electron chi connectivity index (χ1n) is 8.78. The van der Waals surface area contributed by atoms with Crippen LogP contribution < -0.4 is 0 Å². The van der Waals surface area contributed by atoms with Gasteiger partial charge in [0.05, 0.1) is 11.3 Å². The molecule has 2 saturated heterocycles. The third kappa shape index (κ3) is 3.54. The number of hydrogen-bond donors (Lipinski definition) is 1. The third-order valence-electron chi connectivity index (χ3n) is 5.45. The second-order valence-electron chi connectivity index (χ2n) is 7.29. The van der Waals surface area contributed by atoms with Gasteiger partial charge in [-0.15, -0.1) is 0 Å². The van der Waals surface area contributed by atoms with Gasteiger partial charge in [0.2, 0.25) is 5.91 Å². The average Bonchev–Trinajstić information content (AvgIpc) is 2.61. The van der Waals surface area contributed by atoms with Crippen molar-refractivity contribution in [3.63, 3.8) is 0 Å². The number of hydrogen-bond acceptors (Lipinski definition) is 3. The lowest BCUT2D eigenvalue weighted by molar-refractivity contribution is -0.150. The van der Waals surface area contributed by atoms with E-state index in [0.29, 0.717) is 39.0 Å². The summed E-state index contributed by atoms with van der Waals surface area (Å²) < 4.78 is 18.8. The number of rotatable bonds is 3. The van der Waals surface area contributed by atoms with Crippen molar-refractivity contribution >= 4 is 11.9 Å². The van der Waals surface area contributed by atoms with Gasteiger partial charge in [-0.05, 0) is 42.9 Å². The molecule has 2 unspecified atom stereocenters. The molecule has 0 saturated carbocycles. The van der Waals surface area contributed by atoms with Crippen LogP contribution in [0.5, 0.6) is 0 Å². The number of halogens is 1. The van der Waals surface area contributed by atoms with Gasteiger partial charge in [-0.25, -0.2) is 4.39 Å². The molecule has 25 heavy (non-hydrogen) atoms. The van der Waals surface area contributed by atoms with E-state index < -0.39 is 17.3 Å². The Labute approximate surface area is 146 Å². The summed E-state index contributed by atoms with van der Waals surface area (Å²) in [5.74, 6) is -1.63. The Balaban J connectivity index is 1.91. The molecule has 1 N–H and O–H groups in total. The standard InChI is InChI=1S/C19H24FNO4/c1-13-10-14(17(22)23)12-21(11-13)18(24)19(6-8-25-9-7-19)15-2-4-16(20)5-3-15/h2-5,13-14H,6-12H2,1H3,(H,22,23). The number of carbonyl (C=O) groups is 2. The second-order valence-corrected chi connectivity index (χ2v) is 7.29. The number of amides is 1. The predicted octanol–water partition coefficient (Wildman–Crippen LogP) is 2.44. The monoisotopic (exact) mass is 349 g/mol. The van der Waals surface area contributed by atoms with Crippen molar-refractivity contribution in [2.45, 2.75) is 31.6 Å². The molecule has 2 aliphatic rings. The molecule has 1 amide bonds. The van der Waals surface area contributed by atoms with Crippen molar-refractivity contribution in [1.82, 2.24) is 4.90 Å². The second kappa shape index (κ2) is 7.12. The molecule has 1 aromatic carbocycles. The fraction of sp³-hybridized carbons (Fsp3) is 0.579. The summed E-state index contributed by atoms with van der Waals surface area (Å²) >= 11 is 0. The highest BCUT2D eigenvalue weighted by Gasteiger charge is 2.46. The van der Waals surface area contributed by atoms with Crippen LogP contribution in [0.15, 0.2) is 24.3 Å². The smallest absolute Gasteiger partial charge is 0.308 e. The topological polar surface area (TPSA) is 66.8 Å². The van der Waals surface area contributed by atoms with Crippen LogP contribution in [0.1, 0.15) is 31.7 Å². The maximum atomic E-state index is 13.5. The van der Waals surface area contributed by atoms with E-state index in [4.69, 9.17) is 4.74 Å². The molecule has 0 aliphatic carbocycles. The lowest BCUT2D eigenvalue weighted by atomic mass is 9.72. The minimum atomic E-state index is -0.854. The molecule has 6 heteroatoms. The zero-order chi connectivity index (χ0) is 18.0. The number of aliphatic carboxylic acids is 1. The number of piperidine rings is 1. The molecule has 0 aromatic heterocycles. The van der Waals surface area contributed by atoms with E-state index in [9.17, 15) is 19.1 Å². The van der Waals surface area contributed by atoms with E-state index in [-0.39, 0.29) is 24.2 Å². The summed E-state index contributed by atoms with van der Waals surface area (Å²) in [7, 11) is 0. The SMILES string of the molecule is CC1CC(C(=O)O)CN(C(=O)C2(c3ccc(F)cc3)CCOCC2)C1. The van der Waals surface area contributed by atoms with Crippen LogP contribution in [-0.4, -0.2) is 48.2 Å². The Morgan fingerprint density at radius 2 is 1.84 bits per heavy atom. The van der Waals surface area contributed by atoms with Crippen molar-refractivity contribution < 1.29 is 23.8 Å². The van der Waals surface area contributed by atoms with Crippen LogP contribution in [0.4, 0.5) is 4.39 Å². The van der Waals surface area contributed by atoms with Gasteiger partial charge in [0, 0.05) is 26.3 Å². The Morgan fingerprint density at radius 3 is 2.44 bits per heavy atom. The summed E-state index contributed by atoms with van der Waals surface area (Å²) in [5, 5.41) is 9.38. The van der Waals surface area contributed by atoms with E-state index in [1.54, 1.807) is 17.0 Å². The molecular formula is C19H24FNO4. The molecule has 3 rings (SSSR count). The molecule has 0 spiro atoms. The van der Waals surface area contributed by atoms with E-state index in [1.807, 2.05) is 6.92 Å². The van der Waals surface area contributed by atoms with Crippen LogP contribution in [0, 0.1) is 17.7 Å². The maximum Gasteiger partial charge on any atom is 0.308 e. The highest BCUT2D eigenvalue weighted by atomic mass is 19.1. The Hall–Kier alpha value is -1.95. The molecule has 0 radical (unpaired) electrons. The van der Waals surface area contributed by atoms with Crippen LogP contribution >= 0.6 is 0 Å². The minimum Gasteiger partial charge on any atom is -0.481 e. The van der Waals surface area contributed by atoms with Crippen molar-refractivity contribution in [3.05, 3.63) is 35.6 Å². The molecule has 2 heterocycles. The quantitative estimate of drug-likeness (QED) is 0.910. The van der Waals surface area contributed by atoms with Crippen molar-refractivity contribution in [2.24, 2.45) is 11.8 Å². The zero-order valence-electron chi connectivity index (χ0n) is 14.4. The Kier molecular flexibility index (Phi) is 5.08. The molecule has 1 aromatic rings. The Bertz CT molecular complexity index is 639. The lowest BCUT2D eigenvalue weighted by Crippen LogP contribution is -2.54. The van der Waals surface area contributed by atoms with Gasteiger partial charge in [0.1, 0.15) is 5.82 Å². The number of carboxylic acid groups (broad SMARTS) is 1. The van der Waals surface area contributed by atoms with Crippen LogP contribution in [-0.2, 0) is 19.7 Å². The summed E-state index contributed by atoms with van der Waals surface area (Å²) in [6.45, 7) is 3.71. The van der Waals surface area contributed by atoms with E-state index in [2.05, 4.69) is 0 Å². The molecule has 2 aliphatic heterocycles. The largest absolute Gasteiger partial charge is 0.481 e. The van der Waals surface area contributed by atoms with Crippen molar-refractivity contribution in [3.8, 4) is 0 Å². The summed E-state index contributed by atoms with van der Waals surface area (Å²) in [6, 6.07) is 6.08. The zero-order valence-corrected chi connectivity index (χ0v) is 14.4. The highest BCUT2D eigenvalue weighted by molar-refractivity contribution is 5.89. The molecule has 0 bridgehead atoms. The maximum absolute atomic E-state index is 13.5. The molecule has 2 fully saturated rings. The van der Waals surface area contributed by atoms with Gasteiger partial charge in [0.25, 0.3) is 0 Å². The third-order valence-corrected chi connectivity index (χ3v) is 5.45. The van der Waals surface area contributed by atoms with Crippen LogP contribution in [0.25, 0.3) is 0 Å². The first kappa shape index (κ1) is 17.9. The van der Waals surface area contributed by atoms with Crippen LogP contribution in [0.3, 0.4) is 0 Å². The van der Waals surface area contributed by atoms with Crippen LogP contribution in [0.2, 0.25) is 0 Å². The number of benzene rings is 1.